The highest BCUT2D eigenvalue weighted by Gasteiger charge is 2.30. The van der Waals surface area contributed by atoms with Gasteiger partial charge in [-0.25, -0.2) is 4.98 Å². The van der Waals surface area contributed by atoms with Gasteiger partial charge in [0.15, 0.2) is 0 Å². The number of rotatable bonds is 1. The minimum Gasteiger partial charge on any atom is -0.310 e. The number of nitrogens with one attached hydrogen (secondary N) is 1. The number of fused-ring (bicyclic) bond motifs is 1. The zero-order valence-corrected chi connectivity index (χ0v) is 11.5. The lowest BCUT2D eigenvalue weighted by Crippen LogP contribution is -2.43. The molecule has 1 fully saturated rings. The van der Waals surface area contributed by atoms with Crippen LogP contribution in [0.4, 0.5) is 0 Å². The van der Waals surface area contributed by atoms with Crippen molar-refractivity contribution in [1.29, 1.82) is 0 Å². The van der Waals surface area contributed by atoms with Gasteiger partial charge in [-0.05, 0) is 67.8 Å². The fourth-order valence-corrected chi connectivity index (χ4v) is 3.33. The summed E-state index contributed by atoms with van der Waals surface area (Å²) < 4.78 is 0. The number of aryl methyl sites for hydroxylation is 1. The van der Waals surface area contributed by atoms with Gasteiger partial charge in [0, 0.05) is 12.2 Å². The summed E-state index contributed by atoms with van der Waals surface area (Å²) in [5.41, 5.74) is 3.73. The van der Waals surface area contributed by atoms with Crippen LogP contribution in [0.25, 0.3) is 5.57 Å². The predicted octanol–water partition coefficient (Wildman–Crippen LogP) is 3.59. The second-order valence-corrected chi connectivity index (χ2v) is 5.76. The monoisotopic (exact) mass is 262 g/mol. The molecule has 18 heavy (non-hydrogen) atoms. The fourth-order valence-electron chi connectivity index (χ4n) is 3.22. The fraction of sp³-hybridized carbons (Fsp3) is 0.533. The molecule has 1 aliphatic carbocycles. The van der Waals surface area contributed by atoms with E-state index in [9.17, 15) is 0 Å². The molecule has 2 aliphatic rings. The summed E-state index contributed by atoms with van der Waals surface area (Å²) >= 11 is 6.01. The Labute approximate surface area is 113 Å². The maximum absolute atomic E-state index is 6.01. The first kappa shape index (κ1) is 12.2. The maximum Gasteiger partial charge on any atom is 0.131 e. The van der Waals surface area contributed by atoms with Crippen molar-refractivity contribution >= 4 is 17.2 Å². The van der Waals surface area contributed by atoms with Gasteiger partial charge in [0.1, 0.15) is 5.15 Å². The average molecular weight is 263 g/mol. The summed E-state index contributed by atoms with van der Waals surface area (Å²) in [4.78, 5) is 4.29. The molecule has 0 aromatic carbocycles. The molecule has 0 spiro atoms. The third-order valence-electron chi connectivity index (χ3n) is 4.17. The van der Waals surface area contributed by atoms with Gasteiger partial charge in [-0.1, -0.05) is 17.7 Å². The predicted molar refractivity (Wildman–Crippen MR) is 75.7 cm³/mol. The van der Waals surface area contributed by atoms with Crippen molar-refractivity contribution in [3.05, 3.63) is 34.6 Å². The number of hydrogen-bond donors (Lipinski definition) is 1. The molecule has 1 aromatic rings. The molecule has 2 heterocycles. The summed E-state index contributed by atoms with van der Waals surface area (Å²) in [6, 6.07) is 2.69. The highest BCUT2D eigenvalue weighted by Crippen LogP contribution is 2.36. The van der Waals surface area contributed by atoms with Gasteiger partial charge >= 0.3 is 0 Å². The van der Waals surface area contributed by atoms with Gasteiger partial charge in [0.2, 0.25) is 0 Å². The van der Waals surface area contributed by atoms with Crippen molar-refractivity contribution in [2.75, 3.05) is 6.54 Å². The number of aromatic nitrogens is 1. The molecule has 2 atom stereocenters. The van der Waals surface area contributed by atoms with Crippen molar-refractivity contribution in [2.24, 2.45) is 5.92 Å². The first-order valence-corrected chi connectivity index (χ1v) is 7.19. The van der Waals surface area contributed by atoms with E-state index in [1.54, 1.807) is 0 Å². The van der Waals surface area contributed by atoms with Crippen LogP contribution in [0.5, 0.6) is 0 Å². The zero-order valence-electron chi connectivity index (χ0n) is 10.7. The number of piperidine rings is 1. The molecule has 0 bridgehead atoms. The van der Waals surface area contributed by atoms with Crippen LogP contribution in [-0.4, -0.2) is 17.6 Å². The number of halogens is 1. The maximum atomic E-state index is 6.01. The van der Waals surface area contributed by atoms with Crippen LogP contribution < -0.4 is 5.32 Å². The average Bonchev–Trinajstić information content (AvgIpc) is 2.41. The molecule has 1 N–H and O–H groups in total. The lowest BCUT2D eigenvalue weighted by molar-refractivity contribution is 0.304. The molecule has 1 aliphatic heterocycles. The Balaban J connectivity index is 1.94. The molecule has 3 heteroatoms. The van der Waals surface area contributed by atoms with Gasteiger partial charge < -0.3 is 5.32 Å². The lowest BCUT2D eigenvalue weighted by atomic mass is 9.77. The number of allylic oxidation sites excluding steroid dienone is 1. The SMILES string of the molecule is Cc1cc(C2=CCCC3CCCNC23)cnc1Cl. The van der Waals surface area contributed by atoms with E-state index in [4.69, 9.17) is 11.6 Å². The standard InChI is InChI=1S/C15H19ClN2/c1-10-8-12(9-18-15(10)16)13-6-2-4-11-5-3-7-17-14(11)13/h6,8-9,11,14,17H,2-5,7H2,1H3. The molecule has 2 nitrogen and oxygen atoms in total. The van der Waals surface area contributed by atoms with Gasteiger partial charge in [-0.15, -0.1) is 0 Å². The topological polar surface area (TPSA) is 24.9 Å². The van der Waals surface area contributed by atoms with Crippen molar-refractivity contribution in [2.45, 2.75) is 38.6 Å². The third kappa shape index (κ3) is 2.19. The summed E-state index contributed by atoms with van der Waals surface area (Å²) in [5, 5.41) is 4.29. The Morgan fingerprint density at radius 2 is 2.28 bits per heavy atom. The highest BCUT2D eigenvalue weighted by molar-refractivity contribution is 6.30. The normalized spacial score (nSPS) is 27.6. The van der Waals surface area contributed by atoms with Crippen molar-refractivity contribution in [1.82, 2.24) is 10.3 Å². The molecular formula is C15H19ClN2. The van der Waals surface area contributed by atoms with Crippen molar-refractivity contribution in [3.8, 4) is 0 Å². The van der Waals surface area contributed by atoms with E-state index in [-0.39, 0.29) is 0 Å². The van der Waals surface area contributed by atoms with E-state index in [2.05, 4.69) is 22.4 Å². The molecule has 0 saturated carbocycles. The molecule has 0 amide bonds. The van der Waals surface area contributed by atoms with E-state index >= 15 is 0 Å². The Bertz CT molecular complexity index is 481. The van der Waals surface area contributed by atoms with Crippen LogP contribution >= 0.6 is 11.6 Å². The van der Waals surface area contributed by atoms with E-state index in [1.165, 1.54) is 36.8 Å². The third-order valence-corrected chi connectivity index (χ3v) is 4.57. The highest BCUT2D eigenvalue weighted by atomic mass is 35.5. The molecule has 3 rings (SSSR count). The molecule has 2 unspecified atom stereocenters. The molecule has 0 radical (unpaired) electrons. The Morgan fingerprint density at radius 3 is 3.11 bits per heavy atom. The van der Waals surface area contributed by atoms with E-state index in [1.807, 2.05) is 13.1 Å². The second-order valence-electron chi connectivity index (χ2n) is 5.40. The molecule has 1 aromatic heterocycles. The van der Waals surface area contributed by atoms with Crippen molar-refractivity contribution in [3.63, 3.8) is 0 Å². The number of hydrogen-bond acceptors (Lipinski definition) is 2. The van der Waals surface area contributed by atoms with E-state index < -0.39 is 0 Å². The van der Waals surface area contributed by atoms with Crippen molar-refractivity contribution < 1.29 is 0 Å². The van der Waals surface area contributed by atoms with Gasteiger partial charge in [-0.2, -0.15) is 0 Å². The summed E-state index contributed by atoms with van der Waals surface area (Å²) in [7, 11) is 0. The van der Waals surface area contributed by atoms with Crippen LogP contribution in [0.15, 0.2) is 18.3 Å². The van der Waals surface area contributed by atoms with Crippen LogP contribution in [0.3, 0.4) is 0 Å². The van der Waals surface area contributed by atoms with Gasteiger partial charge in [-0.3, -0.25) is 0 Å². The minimum absolute atomic E-state index is 0.523. The summed E-state index contributed by atoms with van der Waals surface area (Å²) in [6.45, 7) is 3.16. The van der Waals surface area contributed by atoms with E-state index in [0.29, 0.717) is 11.2 Å². The molecule has 96 valence electrons. The van der Waals surface area contributed by atoms with Crippen LogP contribution in [0.1, 0.15) is 36.8 Å². The first-order chi connectivity index (χ1) is 8.75. The Morgan fingerprint density at radius 1 is 1.39 bits per heavy atom. The van der Waals surface area contributed by atoms with Gasteiger partial charge in [0.05, 0.1) is 0 Å². The number of nitrogens with zero attached hydrogens (tertiary/aromatic N) is 1. The van der Waals surface area contributed by atoms with Crippen LogP contribution in [0, 0.1) is 12.8 Å². The Hall–Kier alpha value is -0.860. The minimum atomic E-state index is 0.523. The number of pyridine rings is 1. The molecular weight excluding hydrogens is 244 g/mol. The van der Waals surface area contributed by atoms with Crippen LogP contribution in [-0.2, 0) is 0 Å². The zero-order chi connectivity index (χ0) is 12.5. The Kier molecular flexibility index (Phi) is 3.40. The summed E-state index contributed by atoms with van der Waals surface area (Å²) in [5.74, 6) is 0.801. The quantitative estimate of drug-likeness (QED) is 0.783. The van der Waals surface area contributed by atoms with Crippen LogP contribution in [0.2, 0.25) is 5.15 Å². The van der Waals surface area contributed by atoms with E-state index in [0.717, 1.165) is 18.0 Å². The molecule has 1 saturated heterocycles. The lowest BCUT2D eigenvalue weighted by Gasteiger charge is -2.37. The smallest absolute Gasteiger partial charge is 0.131 e. The largest absolute Gasteiger partial charge is 0.310 e. The first-order valence-electron chi connectivity index (χ1n) is 6.81. The van der Waals surface area contributed by atoms with Gasteiger partial charge in [0.25, 0.3) is 0 Å². The summed E-state index contributed by atoms with van der Waals surface area (Å²) in [6.07, 6.45) is 9.48. The second kappa shape index (κ2) is 5.02.